The first kappa shape index (κ1) is 35.9. The van der Waals surface area contributed by atoms with Crippen molar-refractivity contribution in [3.63, 3.8) is 0 Å². The fraction of sp³-hybridized carbons (Fsp3) is 0.875. The summed E-state index contributed by atoms with van der Waals surface area (Å²) in [4.78, 5) is 43.8. The lowest BCUT2D eigenvalue weighted by molar-refractivity contribution is -0.156. The molecule has 0 amide bonds. The van der Waals surface area contributed by atoms with Crippen LogP contribution in [0.4, 0.5) is 0 Å². The van der Waals surface area contributed by atoms with E-state index in [2.05, 4.69) is 6.92 Å². The van der Waals surface area contributed by atoms with Gasteiger partial charge in [-0.25, -0.2) is 0 Å². The second kappa shape index (κ2) is 21.6. The van der Waals surface area contributed by atoms with Gasteiger partial charge < -0.3 is 20.4 Å². The number of hydrogen-bond acceptors (Lipinski definition) is 4. The van der Waals surface area contributed by atoms with Gasteiger partial charge in [0.25, 0.3) is 0 Å². The molecule has 3 atom stereocenters. The molecule has 0 aliphatic heterocycles. The average Bonchev–Trinajstić information content (AvgIpc) is 3.06. The van der Waals surface area contributed by atoms with E-state index < -0.39 is 35.7 Å². The lowest BCUT2D eigenvalue weighted by Crippen LogP contribution is -2.23. The van der Waals surface area contributed by atoms with Gasteiger partial charge in [0.2, 0.25) is 0 Å². The van der Waals surface area contributed by atoms with Gasteiger partial charge >= 0.3 is 23.9 Å². The molecule has 1 aliphatic carbocycles. The monoisotopic (exact) mass is 568 g/mol. The third-order valence-electron chi connectivity index (χ3n) is 9.11. The smallest absolute Gasteiger partial charge is 0.317 e. The van der Waals surface area contributed by atoms with Gasteiger partial charge in [-0.3, -0.25) is 19.2 Å². The summed E-state index contributed by atoms with van der Waals surface area (Å²) < 4.78 is 0. The molecule has 0 spiro atoms. The number of unbranched alkanes of at least 4 members (excludes halogenated alkanes) is 12. The highest BCUT2D eigenvalue weighted by atomic mass is 16.4. The maximum Gasteiger partial charge on any atom is 0.317 e. The van der Waals surface area contributed by atoms with Gasteiger partial charge in [-0.15, -0.1) is 0 Å². The van der Waals surface area contributed by atoms with Crippen molar-refractivity contribution in [1.82, 2.24) is 0 Å². The summed E-state index contributed by atoms with van der Waals surface area (Å²) >= 11 is 0. The Morgan fingerprint density at radius 1 is 0.525 bits per heavy atom. The van der Waals surface area contributed by atoms with E-state index in [9.17, 15) is 19.2 Å². The highest BCUT2D eigenvalue weighted by molar-refractivity contribution is 5.93. The second-order valence-electron chi connectivity index (χ2n) is 12.2. The third kappa shape index (κ3) is 15.6. The first-order chi connectivity index (χ1) is 19.1. The van der Waals surface area contributed by atoms with Crippen LogP contribution in [0.1, 0.15) is 148 Å². The summed E-state index contributed by atoms with van der Waals surface area (Å²) in [5.74, 6) is -5.04. The molecule has 0 heterocycles. The van der Waals surface area contributed by atoms with Gasteiger partial charge in [-0.2, -0.15) is 0 Å². The second-order valence-corrected chi connectivity index (χ2v) is 12.2. The Morgan fingerprint density at radius 2 is 0.875 bits per heavy atom. The van der Waals surface area contributed by atoms with Crippen LogP contribution in [0.3, 0.4) is 0 Å². The minimum absolute atomic E-state index is 0.217. The molecule has 1 saturated carbocycles. The summed E-state index contributed by atoms with van der Waals surface area (Å²) in [6.45, 7) is 2.45. The van der Waals surface area contributed by atoms with Gasteiger partial charge in [0.05, 0.1) is 0 Å². The zero-order valence-electron chi connectivity index (χ0n) is 24.9. The minimum atomic E-state index is -1.27. The number of hydrogen-bond donors (Lipinski definition) is 4. The molecular formula is C32H56O8. The molecule has 3 unspecified atom stereocenters. The first-order valence-corrected chi connectivity index (χ1v) is 16.1. The van der Waals surface area contributed by atoms with Crippen LogP contribution in [0.25, 0.3) is 0 Å². The van der Waals surface area contributed by atoms with Crippen molar-refractivity contribution in [1.29, 1.82) is 0 Å². The van der Waals surface area contributed by atoms with Crippen LogP contribution in [-0.2, 0) is 19.2 Å². The van der Waals surface area contributed by atoms with Gasteiger partial charge in [-0.1, -0.05) is 129 Å². The van der Waals surface area contributed by atoms with Gasteiger partial charge in [0.15, 0.2) is 11.8 Å². The van der Waals surface area contributed by atoms with Crippen LogP contribution >= 0.6 is 0 Å². The summed E-state index contributed by atoms with van der Waals surface area (Å²) in [5, 5.41) is 35.8. The van der Waals surface area contributed by atoms with E-state index in [0.29, 0.717) is 12.8 Å². The predicted octanol–water partition coefficient (Wildman–Crippen LogP) is 8.02. The van der Waals surface area contributed by atoms with Crippen LogP contribution in [0.5, 0.6) is 0 Å². The number of rotatable bonds is 24. The van der Waals surface area contributed by atoms with E-state index in [0.717, 1.165) is 56.3 Å². The molecule has 4 N–H and O–H groups in total. The quantitative estimate of drug-likeness (QED) is 0.0519. The van der Waals surface area contributed by atoms with Crippen LogP contribution in [-0.4, -0.2) is 44.3 Å². The normalized spacial score (nSPS) is 19.5. The highest BCUT2D eigenvalue weighted by Gasteiger charge is 2.28. The summed E-state index contributed by atoms with van der Waals surface area (Å²) in [6.07, 6.45) is 23.4. The first-order valence-electron chi connectivity index (χ1n) is 16.1. The molecular weight excluding hydrogens is 512 g/mol. The Labute approximate surface area is 241 Å². The maximum absolute atomic E-state index is 10.9. The van der Waals surface area contributed by atoms with Crippen LogP contribution < -0.4 is 0 Å². The Kier molecular flexibility index (Phi) is 19.4. The molecule has 1 rings (SSSR count). The zero-order valence-corrected chi connectivity index (χ0v) is 24.9. The highest BCUT2D eigenvalue weighted by Crippen LogP contribution is 2.39. The molecule has 40 heavy (non-hydrogen) atoms. The summed E-state index contributed by atoms with van der Waals surface area (Å²) in [5.41, 5.74) is 0. The van der Waals surface area contributed by atoms with Crippen molar-refractivity contribution in [3.05, 3.63) is 0 Å². The van der Waals surface area contributed by atoms with Crippen molar-refractivity contribution in [2.45, 2.75) is 148 Å². The third-order valence-corrected chi connectivity index (χ3v) is 9.11. The van der Waals surface area contributed by atoms with Gasteiger partial charge in [-0.05, 0) is 37.0 Å². The number of carboxylic acid groups (broad SMARTS) is 4. The number of carbonyl (C=O) groups is 4. The van der Waals surface area contributed by atoms with Crippen LogP contribution in [0, 0.1) is 29.6 Å². The lowest BCUT2D eigenvalue weighted by atomic mass is 9.76. The Morgan fingerprint density at radius 3 is 1.30 bits per heavy atom. The SMILES string of the molecule is CC1CCCCC(CCCCCCCCCC(C(=O)O)C(=O)O)C1CCCCCCCCCC(C(=O)O)C(=O)O. The fourth-order valence-electron chi connectivity index (χ4n) is 6.60. The minimum Gasteiger partial charge on any atom is -0.481 e. The van der Waals surface area contributed by atoms with Crippen molar-refractivity contribution in [2.75, 3.05) is 0 Å². The molecule has 232 valence electrons. The summed E-state index contributed by atoms with van der Waals surface area (Å²) in [7, 11) is 0. The van der Waals surface area contributed by atoms with Crippen molar-refractivity contribution < 1.29 is 39.6 Å². The van der Waals surface area contributed by atoms with E-state index in [-0.39, 0.29) is 12.8 Å². The molecule has 0 radical (unpaired) electrons. The Hall–Kier alpha value is -2.12. The lowest BCUT2D eigenvalue weighted by Gasteiger charge is -2.30. The van der Waals surface area contributed by atoms with Gasteiger partial charge in [0, 0.05) is 0 Å². The Bertz CT molecular complexity index is 708. The van der Waals surface area contributed by atoms with E-state index >= 15 is 0 Å². The molecule has 8 heteroatoms. The molecule has 0 aromatic heterocycles. The van der Waals surface area contributed by atoms with E-state index in [1.165, 1.54) is 77.0 Å². The van der Waals surface area contributed by atoms with E-state index in [4.69, 9.17) is 20.4 Å². The molecule has 1 fully saturated rings. The standard InChI is InChI=1S/C32H56O8/c1-24-18-16-17-20-25(19-12-8-4-2-6-10-14-22-27(29(33)34)30(35)36)26(24)21-13-9-5-3-7-11-15-23-28(31(37)38)32(39)40/h24-28H,2-23H2,1H3,(H,33,34)(H,35,36)(H,37,38)(H,39,40). The Balaban J connectivity index is 2.18. The molecule has 0 aromatic rings. The van der Waals surface area contributed by atoms with E-state index in [1.807, 2.05) is 0 Å². The maximum atomic E-state index is 10.9. The molecule has 8 nitrogen and oxygen atoms in total. The predicted molar refractivity (Wildman–Crippen MR) is 155 cm³/mol. The van der Waals surface area contributed by atoms with E-state index in [1.54, 1.807) is 0 Å². The zero-order chi connectivity index (χ0) is 29.8. The molecule has 0 saturated heterocycles. The number of carboxylic acids is 4. The van der Waals surface area contributed by atoms with Crippen LogP contribution in [0.15, 0.2) is 0 Å². The fourth-order valence-corrected chi connectivity index (χ4v) is 6.60. The van der Waals surface area contributed by atoms with Crippen LogP contribution in [0.2, 0.25) is 0 Å². The number of aliphatic carboxylic acids is 4. The van der Waals surface area contributed by atoms with Crippen molar-refractivity contribution in [2.24, 2.45) is 29.6 Å². The largest absolute Gasteiger partial charge is 0.481 e. The van der Waals surface area contributed by atoms with Gasteiger partial charge in [0.1, 0.15) is 0 Å². The van der Waals surface area contributed by atoms with Crippen molar-refractivity contribution in [3.8, 4) is 0 Å². The molecule has 1 aliphatic rings. The molecule has 0 aromatic carbocycles. The summed E-state index contributed by atoms with van der Waals surface area (Å²) in [6, 6.07) is 0. The molecule has 0 bridgehead atoms. The van der Waals surface area contributed by atoms with Crippen molar-refractivity contribution >= 4 is 23.9 Å². The topological polar surface area (TPSA) is 149 Å². The average molecular weight is 569 g/mol.